The van der Waals surface area contributed by atoms with Gasteiger partial charge in [0.05, 0.1) is 6.10 Å². The van der Waals surface area contributed by atoms with Gasteiger partial charge in [0, 0.05) is 12.0 Å². The molecule has 0 aliphatic carbocycles. The minimum Gasteiger partial charge on any atom is -0.491 e. The highest BCUT2D eigenvalue weighted by molar-refractivity contribution is 5.91. The fraction of sp³-hybridized carbons (Fsp3) is 0.467. The number of amides is 1. The number of nitrogens with one attached hydrogen (secondary N) is 1. The second kappa shape index (κ2) is 6.24. The molecule has 1 rings (SSSR count). The Morgan fingerprint density at radius 1 is 1.37 bits per heavy atom. The minimum absolute atomic E-state index is 0.147. The van der Waals surface area contributed by atoms with Crippen molar-refractivity contribution in [3.05, 3.63) is 29.8 Å². The fourth-order valence-corrected chi connectivity index (χ4v) is 1.70. The summed E-state index contributed by atoms with van der Waals surface area (Å²) in [6.45, 7) is 8.42. The topological polar surface area (TPSA) is 62.1 Å². The molecule has 4 heteroatoms. The molecule has 0 aliphatic heterocycles. The van der Waals surface area contributed by atoms with Crippen molar-refractivity contribution in [2.45, 2.75) is 39.2 Å². The van der Waals surface area contributed by atoms with Gasteiger partial charge in [-0.1, -0.05) is 26.0 Å². The molecule has 0 saturated heterocycles. The van der Waals surface area contributed by atoms with Crippen molar-refractivity contribution in [3.63, 3.8) is 0 Å². The Kier molecular flexibility index (Phi) is 4.94. The van der Waals surface area contributed by atoms with Crippen LogP contribution in [0.15, 0.2) is 24.3 Å². The van der Waals surface area contributed by atoms with E-state index in [2.05, 4.69) is 5.32 Å². The monoisotopic (exact) mass is 260 g/mol. The lowest BCUT2D eigenvalue weighted by Crippen LogP contribution is -2.35. The second-order valence-electron chi connectivity index (χ2n) is 5.37. The van der Waals surface area contributed by atoms with Gasteiger partial charge in [-0.15, -0.1) is 0 Å². The number of rotatable bonds is 5. The van der Waals surface area contributed by atoms with Crippen LogP contribution in [0.4, 0.5) is 0 Å². The Bertz CT molecular complexity index is 470. The van der Waals surface area contributed by atoms with Gasteiger partial charge >= 0.3 is 5.91 Å². The lowest BCUT2D eigenvalue weighted by molar-refractivity contribution is -0.116. The normalized spacial score (nSPS) is 10.9. The molecular weight excluding hydrogens is 240 g/mol. The number of nitriles is 1. The van der Waals surface area contributed by atoms with Crippen LogP contribution < -0.4 is 10.1 Å². The summed E-state index contributed by atoms with van der Waals surface area (Å²) in [5, 5.41) is 11.0. The highest BCUT2D eigenvalue weighted by Gasteiger charge is 2.21. The molecule has 0 heterocycles. The van der Waals surface area contributed by atoms with Crippen LogP contribution in [0.25, 0.3) is 0 Å². The maximum atomic E-state index is 11.0. The Labute approximate surface area is 114 Å². The molecule has 0 atom stereocenters. The van der Waals surface area contributed by atoms with Crippen LogP contribution in [-0.2, 0) is 10.2 Å². The van der Waals surface area contributed by atoms with E-state index in [1.165, 1.54) is 0 Å². The van der Waals surface area contributed by atoms with Gasteiger partial charge in [0.15, 0.2) is 6.07 Å². The summed E-state index contributed by atoms with van der Waals surface area (Å²) < 4.78 is 5.58. The van der Waals surface area contributed by atoms with Gasteiger partial charge in [-0.3, -0.25) is 4.79 Å². The van der Waals surface area contributed by atoms with Crippen LogP contribution in [0.2, 0.25) is 0 Å². The van der Waals surface area contributed by atoms with Crippen molar-refractivity contribution in [2.24, 2.45) is 0 Å². The first-order chi connectivity index (χ1) is 8.85. The van der Waals surface area contributed by atoms with Crippen molar-refractivity contribution in [2.75, 3.05) is 6.54 Å². The Morgan fingerprint density at radius 2 is 1.95 bits per heavy atom. The molecule has 1 aromatic rings. The fourth-order valence-electron chi connectivity index (χ4n) is 1.70. The molecule has 0 spiro atoms. The summed E-state index contributed by atoms with van der Waals surface area (Å²) in [6.07, 6.45) is 0.147. The zero-order valence-corrected chi connectivity index (χ0v) is 11.9. The second-order valence-corrected chi connectivity index (χ2v) is 5.37. The molecule has 1 aromatic carbocycles. The van der Waals surface area contributed by atoms with Crippen molar-refractivity contribution in [3.8, 4) is 11.8 Å². The predicted molar refractivity (Wildman–Crippen MR) is 73.9 cm³/mol. The van der Waals surface area contributed by atoms with E-state index in [0.29, 0.717) is 6.54 Å². The molecule has 0 fully saturated rings. The summed E-state index contributed by atoms with van der Waals surface area (Å²) in [4.78, 5) is 11.0. The molecular formula is C15H20N2O2. The van der Waals surface area contributed by atoms with Crippen molar-refractivity contribution in [1.82, 2.24) is 5.32 Å². The van der Waals surface area contributed by atoms with E-state index < -0.39 is 5.91 Å². The van der Waals surface area contributed by atoms with Crippen LogP contribution in [0.3, 0.4) is 0 Å². The first-order valence-electron chi connectivity index (χ1n) is 6.30. The summed E-state index contributed by atoms with van der Waals surface area (Å²) in [5.74, 6) is 0.225. The smallest absolute Gasteiger partial charge is 0.322 e. The number of hydrogen-bond donors (Lipinski definition) is 1. The van der Waals surface area contributed by atoms with Crippen molar-refractivity contribution >= 4 is 5.91 Å². The molecule has 0 saturated carbocycles. The summed E-state index contributed by atoms with van der Waals surface area (Å²) in [5.41, 5.74) is 0.852. The van der Waals surface area contributed by atoms with E-state index in [-0.39, 0.29) is 11.5 Å². The molecule has 19 heavy (non-hydrogen) atoms. The van der Waals surface area contributed by atoms with Gasteiger partial charge in [-0.25, -0.2) is 0 Å². The van der Waals surface area contributed by atoms with E-state index >= 15 is 0 Å². The first-order valence-corrected chi connectivity index (χ1v) is 6.30. The molecule has 1 N–H and O–H groups in total. The van der Waals surface area contributed by atoms with E-state index in [1.807, 2.05) is 52.0 Å². The number of carbonyl (C=O) groups excluding carboxylic acids is 1. The SMILES string of the molecule is CC(C)Oc1ccc(C(C)(C)CNC(=O)C#N)cc1. The zero-order chi connectivity index (χ0) is 14.5. The first kappa shape index (κ1) is 15.0. The molecule has 0 radical (unpaired) electrons. The molecule has 0 aliphatic rings. The maximum absolute atomic E-state index is 11.0. The molecule has 0 aromatic heterocycles. The lowest BCUT2D eigenvalue weighted by Gasteiger charge is -2.25. The van der Waals surface area contributed by atoms with Gasteiger partial charge in [0.2, 0.25) is 0 Å². The van der Waals surface area contributed by atoms with E-state index in [0.717, 1.165) is 11.3 Å². The average Bonchev–Trinajstić information content (AvgIpc) is 2.36. The molecule has 102 valence electrons. The summed E-state index contributed by atoms with van der Waals surface area (Å²) in [7, 11) is 0. The average molecular weight is 260 g/mol. The number of ether oxygens (including phenoxy) is 1. The van der Waals surface area contributed by atoms with Crippen LogP contribution in [0.5, 0.6) is 5.75 Å². The van der Waals surface area contributed by atoms with Gasteiger partial charge in [0.25, 0.3) is 0 Å². The van der Waals surface area contributed by atoms with Crippen LogP contribution in [-0.4, -0.2) is 18.6 Å². The summed E-state index contributed by atoms with van der Waals surface area (Å²) >= 11 is 0. The number of hydrogen-bond acceptors (Lipinski definition) is 3. The largest absolute Gasteiger partial charge is 0.491 e. The van der Waals surface area contributed by atoms with E-state index in [4.69, 9.17) is 10.00 Å². The zero-order valence-electron chi connectivity index (χ0n) is 11.9. The highest BCUT2D eigenvalue weighted by atomic mass is 16.5. The number of carbonyl (C=O) groups is 1. The summed E-state index contributed by atoms with van der Waals surface area (Å²) in [6, 6.07) is 9.35. The van der Waals surface area contributed by atoms with Crippen molar-refractivity contribution < 1.29 is 9.53 Å². The highest BCUT2D eigenvalue weighted by Crippen LogP contribution is 2.24. The molecule has 4 nitrogen and oxygen atoms in total. The van der Waals surface area contributed by atoms with Crippen LogP contribution >= 0.6 is 0 Å². The predicted octanol–water partition coefficient (Wildman–Crippen LogP) is 2.39. The Hall–Kier alpha value is -2.02. The molecule has 0 unspecified atom stereocenters. The number of nitrogens with zero attached hydrogens (tertiary/aromatic N) is 1. The third-order valence-corrected chi connectivity index (χ3v) is 2.80. The van der Waals surface area contributed by atoms with E-state index in [1.54, 1.807) is 6.07 Å². The molecule has 1 amide bonds. The third kappa shape index (κ3) is 4.63. The Morgan fingerprint density at radius 3 is 2.42 bits per heavy atom. The van der Waals surface area contributed by atoms with Crippen LogP contribution in [0, 0.1) is 11.3 Å². The maximum Gasteiger partial charge on any atom is 0.322 e. The van der Waals surface area contributed by atoms with Crippen molar-refractivity contribution in [1.29, 1.82) is 5.26 Å². The third-order valence-electron chi connectivity index (χ3n) is 2.80. The minimum atomic E-state index is -0.604. The lowest BCUT2D eigenvalue weighted by atomic mass is 9.84. The Balaban J connectivity index is 2.73. The van der Waals surface area contributed by atoms with Crippen LogP contribution in [0.1, 0.15) is 33.3 Å². The van der Waals surface area contributed by atoms with Gasteiger partial charge in [0.1, 0.15) is 5.75 Å². The van der Waals surface area contributed by atoms with Gasteiger partial charge < -0.3 is 10.1 Å². The van der Waals surface area contributed by atoms with E-state index in [9.17, 15) is 4.79 Å². The number of benzene rings is 1. The van der Waals surface area contributed by atoms with Gasteiger partial charge in [-0.2, -0.15) is 5.26 Å². The standard InChI is InChI=1S/C15H20N2O2/c1-11(2)19-13-7-5-12(6-8-13)15(3,4)10-17-14(18)9-16/h5-8,11H,10H2,1-4H3,(H,17,18). The quantitative estimate of drug-likeness (QED) is 0.827. The van der Waals surface area contributed by atoms with Gasteiger partial charge in [-0.05, 0) is 31.5 Å². The molecule has 0 bridgehead atoms.